The van der Waals surface area contributed by atoms with Crippen molar-refractivity contribution >= 4 is 11.9 Å². The fourth-order valence-corrected chi connectivity index (χ4v) is 1.20. The Morgan fingerprint density at radius 3 is 2.69 bits per heavy atom. The number of hydrogen-bond acceptors (Lipinski definition) is 4. The molecule has 0 amide bonds. The zero-order chi connectivity index (χ0) is 11.4. The molecule has 0 atom stereocenters. The molecule has 0 radical (unpaired) electrons. The molecule has 1 saturated carbocycles. The molecule has 5 nitrogen and oxygen atoms in total. The van der Waals surface area contributed by atoms with Crippen molar-refractivity contribution in [3.63, 3.8) is 0 Å². The molecule has 0 N–H and O–H groups in total. The summed E-state index contributed by atoms with van der Waals surface area (Å²) in [5, 5.41) is 14.2. The fraction of sp³-hybridized carbons (Fsp3) is 0.364. The van der Waals surface area contributed by atoms with Gasteiger partial charge < -0.3 is 4.84 Å². The van der Waals surface area contributed by atoms with Crippen LogP contribution >= 0.6 is 0 Å². The van der Waals surface area contributed by atoms with Crippen LogP contribution in [-0.2, 0) is 11.4 Å². The van der Waals surface area contributed by atoms with Crippen molar-refractivity contribution in [1.82, 2.24) is 0 Å². The van der Waals surface area contributed by atoms with Gasteiger partial charge in [0.15, 0.2) is 0 Å². The van der Waals surface area contributed by atoms with Gasteiger partial charge >= 0.3 is 0 Å². The molecule has 0 saturated heterocycles. The van der Waals surface area contributed by atoms with Crippen molar-refractivity contribution in [3.05, 3.63) is 39.9 Å². The number of benzene rings is 1. The lowest BCUT2D eigenvalue weighted by Crippen LogP contribution is -1.90. The zero-order valence-electron chi connectivity index (χ0n) is 8.70. The quantitative estimate of drug-likeness (QED) is 0.435. The molecule has 0 unspecified atom stereocenters. The molecule has 0 spiro atoms. The van der Waals surface area contributed by atoms with E-state index in [1.54, 1.807) is 12.1 Å². The minimum atomic E-state index is -0.421. The van der Waals surface area contributed by atoms with Crippen LogP contribution in [0.5, 0.6) is 0 Å². The molecule has 0 heterocycles. The Labute approximate surface area is 92.9 Å². The summed E-state index contributed by atoms with van der Waals surface area (Å²) in [6.07, 6.45) is 4.21. The number of nitrogens with zero attached hydrogens (tertiary/aromatic N) is 2. The van der Waals surface area contributed by atoms with E-state index in [1.165, 1.54) is 25.0 Å². The first-order valence-corrected chi connectivity index (χ1v) is 5.14. The standard InChI is InChI=1S/C11H12N2O3/c14-13(15)11-5-3-10(4-6-11)8-16-12-7-9-1-2-9/h3-7,9H,1-2,8H2/b12-7+. The Morgan fingerprint density at radius 2 is 2.12 bits per heavy atom. The maximum atomic E-state index is 10.4. The van der Waals surface area contributed by atoms with E-state index in [2.05, 4.69) is 5.16 Å². The van der Waals surface area contributed by atoms with Crippen LogP contribution in [0.4, 0.5) is 5.69 Å². The number of oxime groups is 1. The van der Waals surface area contributed by atoms with E-state index in [1.807, 2.05) is 6.21 Å². The summed E-state index contributed by atoms with van der Waals surface area (Å²) in [6, 6.07) is 6.27. The Kier molecular flexibility index (Phi) is 3.14. The van der Waals surface area contributed by atoms with Crippen LogP contribution < -0.4 is 0 Å². The molecule has 1 aromatic carbocycles. The van der Waals surface area contributed by atoms with Crippen molar-refractivity contribution in [1.29, 1.82) is 0 Å². The average Bonchev–Trinajstić information content (AvgIpc) is 3.09. The second kappa shape index (κ2) is 4.74. The van der Waals surface area contributed by atoms with Crippen LogP contribution in [0.25, 0.3) is 0 Å². The zero-order valence-corrected chi connectivity index (χ0v) is 8.70. The van der Waals surface area contributed by atoms with Crippen LogP contribution in [-0.4, -0.2) is 11.1 Å². The fourth-order valence-electron chi connectivity index (χ4n) is 1.20. The average molecular weight is 220 g/mol. The molecular formula is C11H12N2O3. The summed E-state index contributed by atoms with van der Waals surface area (Å²) >= 11 is 0. The molecule has 0 aliphatic heterocycles. The van der Waals surface area contributed by atoms with Gasteiger partial charge in [0.25, 0.3) is 5.69 Å². The molecule has 1 fully saturated rings. The minimum absolute atomic E-state index is 0.0882. The van der Waals surface area contributed by atoms with Gasteiger partial charge in [-0.25, -0.2) is 0 Å². The number of hydrogen-bond donors (Lipinski definition) is 0. The second-order valence-electron chi connectivity index (χ2n) is 3.79. The van der Waals surface area contributed by atoms with E-state index >= 15 is 0 Å². The Bertz CT molecular complexity index is 396. The predicted molar refractivity (Wildman–Crippen MR) is 59.1 cm³/mol. The molecule has 5 heteroatoms. The molecule has 0 bridgehead atoms. The molecule has 1 aromatic rings. The number of nitro benzene ring substituents is 1. The normalized spacial score (nSPS) is 15.2. The van der Waals surface area contributed by atoms with E-state index in [-0.39, 0.29) is 5.69 Å². The van der Waals surface area contributed by atoms with E-state index in [9.17, 15) is 10.1 Å². The van der Waals surface area contributed by atoms with Gasteiger partial charge in [0.1, 0.15) is 6.61 Å². The highest BCUT2D eigenvalue weighted by molar-refractivity contribution is 5.62. The van der Waals surface area contributed by atoms with Gasteiger partial charge in [0.05, 0.1) is 4.92 Å². The maximum absolute atomic E-state index is 10.4. The highest BCUT2D eigenvalue weighted by atomic mass is 16.6. The number of rotatable bonds is 5. The maximum Gasteiger partial charge on any atom is 0.269 e. The first-order valence-electron chi connectivity index (χ1n) is 5.14. The molecule has 0 aromatic heterocycles. The van der Waals surface area contributed by atoms with Crippen molar-refractivity contribution in [2.24, 2.45) is 11.1 Å². The summed E-state index contributed by atoms with van der Waals surface area (Å²) in [5.74, 6) is 0.594. The highest BCUT2D eigenvalue weighted by Crippen LogP contribution is 2.26. The van der Waals surface area contributed by atoms with Crippen LogP contribution in [0.2, 0.25) is 0 Å². The van der Waals surface area contributed by atoms with E-state index in [0.717, 1.165) is 5.56 Å². The first kappa shape index (κ1) is 10.6. The third-order valence-corrected chi connectivity index (χ3v) is 2.35. The highest BCUT2D eigenvalue weighted by Gasteiger charge is 2.18. The van der Waals surface area contributed by atoms with Gasteiger partial charge in [-0.05, 0) is 36.5 Å². The molecule has 84 valence electrons. The third-order valence-electron chi connectivity index (χ3n) is 2.35. The Balaban J connectivity index is 1.82. The van der Waals surface area contributed by atoms with Crippen molar-refractivity contribution in [2.75, 3.05) is 0 Å². The van der Waals surface area contributed by atoms with Crippen LogP contribution in [0, 0.1) is 16.0 Å². The lowest BCUT2D eigenvalue weighted by Gasteiger charge is -1.98. The van der Waals surface area contributed by atoms with E-state index in [4.69, 9.17) is 4.84 Å². The summed E-state index contributed by atoms with van der Waals surface area (Å²) in [5.41, 5.74) is 0.962. The SMILES string of the molecule is O=[N+]([O-])c1ccc(CO/N=C/C2CC2)cc1. The monoisotopic (exact) mass is 220 g/mol. The van der Waals surface area contributed by atoms with Gasteiger partial charge in [0, 0.05) is 18.3 Å². The summed E-state index contributed by atoms with van der Waals surface area (Å²) in [6.45, 7) is 0.348. The lowest BCUT2D eigenvalue weighted by molar-refractivity contribution is -0.384. The van der Waals surface area contributed by atoms with E-state index < -0.39 is 4.92 Å². The third kappa shape index (κ3) is 3.05. The minimum Gasteiger partial charge on any atom is -0.391 e. The topological polar surface area (TPSA) is 64.7 Å². The van der Waals surface area contributed by atoms with Crippen LogP contribution in [0.3, 0.4) is 0 Å². The van der Waals surface area contributed by atoms with Gasteiger partial charge in [-0.15, -0.1) is 0 Å². The smallest absolute Gasteiger partial charge is 0.269 e. The molecule has 1 aliphatic rings. The number of non-ortho nitro benzene ring substituents is 1. The first-order chi connectivity index (χ1) is 7.75. The van der Waals surface area contributed by atoms with Crippen molar-refractivity contribution in [2.45, 2.75) is 19.4 Å². The summed E-state index contributed by atoms with van der Waals surface area (Å²) in [7, 11) is 0. The molecule has 2 rings (SSSR count). The van der Waals surface area contributed by atoms with Gasteiger partial charge in [-0.2, -0.15) is 0 Å². The Hall–Kier alpha value is -1.91. The number of nitro groups is 1. The van der Waals surface area contributed by atoms with Gasteiger partial charge in [-0.3, -0.25) is 10.1 Å². The van der Waals surface area contributed by atoms with Gasteiger partial charge in [0.2, 0.25) is 0 Å². The summed E-state index contributed by atoms with van der Waals surface area (Å²) in [4.78, 5) is 15.1. The van der Waals surface area contributed by atoms with E-state index in [0.29, 0.717) is 12.5 Å². The van der Waals surface area contributed by atoms with Crippen LogP contribution in [0.15, 0.2) is 29.4 Å². The Morgan fingerprint density at radius 1 is 1.44 bits per heavy atom. The molecule has 1 aliphatic carbocycles. The summed E-state index contributed by atoms with van der Waals surface area (Å²) < 4.78 is 0. The lowest BCUT2D eigenvalue weighted by atomic mass is 10.2. The largest absolute Gasteiger partial charge is 0.391 e. The molecule has 16 heavy (non-hydrogen) atoms. The molecular weight excluding hydrogens is 208 g/mol. The van der Waals surface area contributed by atoms with Crippen molar-refractivity contribution in [3.8, 4) is 0 Å². The van der Waals surface area contributed by atoms with Crippen LogP contribution in [0.1, 0.15) is 18.4 Å². The predicted octanol–water partition coefficient (Wildman–Crippen LogP) is 2.51. The van der Waals surface area contributed by atoms with Gasteiger partial charge in [-0.1, -0.05) is 5.16 Å². The van der Waals surface area contributed by atoms with Crippen molar-refractivity contribution < 1.29 is 9.76 Å². The second-order valence-corrected chi connectivity index (χ2v) is 3.79.